The summed E-state index contributed by atoms with van der Waals surface area (Å²) in [7, 11) is 0. The molecule has 6 nitrogen and oxygen atoms in total. The normalized spacial score (nSPS) is 19.8. The Morgan fingerprint density at radius 2 is 1.64 bits per heavy atom. The maximum absolute atomic E-state index is 12.8. The summed E-state index contributed by atoms with van der Waals surface area (Å²) in [6.07, 6.45) is 0. The number of hydrogen-bond acceptors (Lipinski definition) is 5. The molecule has 1 amide bonds. The third-order valence-electron chi connectivity index (χ3n) is 4.68. The molecule has 138 valence electrons. The lowest BCUT2D eigenvalue weighted by Crippen LogP contribution is -2.52. The van der Waals surface area contributed by atoms with Crippen molar-refractivity contribution in [1.82, 2.24) is 14.7 Å². The van der Waals surface area contributed by atoms with Gasteiger partial charge in [-0.2, -0.15) is 0 Å². The molecule has 7 heteroatoms. The highest BCUT2D eigenvalue weighted by molar-refractivity contribution is 5.78. The lowest BCUT2D eigenvalue weighted by Gasteiger charge is -2.35. The van der Waals surface area contributed by atoms with Crippen LogP contribution >= 0.6 is 0 Å². The van der Waals surface area contributed by atoms with E-state index in [2.05, 4.69) is 9.80 Å². The van der Waals surface area contributed by atoms with Crippen LogP contribution in [0.3, 0.4) is 0 Å². The summed E-state index contributed by atoms with van der Waals surface area (Å²) in [6, 6.07) is 6.09. The van der Waals surface area contributed by atoms with E-state index in [1.165, 1.54) is 12.1 Å². The Labute approximate surface area is 148 Å². The fourth-order valence-corrected chi connectivity index (χ4v) is 3.10. The van der Waals surface area contributed by atoms with Gasteiger partial charge in [-0.1, -0.05) is 0 Å². The molecule has 0 radical (unpaired) electrons. The highest BCUT2D eigenvalue weighted by Gasteiger charge is 2.22. The van der Waals surface area contributed by atoms with Gasteiger partial charge in [-0.05, 0) is 24.3 Å². The van der Waals surface area contributed by atoms with Crippen molar-refractivity contribution >= 4 is 5.91 Å². The van der Waals surface area contributed by atoms with E-state index >= 15 is 0 Å². The molecule has 3 rings (SSSR count). The Kier molecular flexibility index (Phi) is 6.61. The van der Waals surface area contributed by atoms with Crippen molar-refractivity contribution in [2.45, 2.75) is 0 Å². The van der Waals surface area contributed by atoms with E-state index in [-0.39, 0.29) is 11.7 Å². The first-order chi connectivity index (χ1) is 12.2. The van der Waals surface area contributed by atoms with Crippen LogP contribution in [0, 0.1) is 5.82 Å². The van der Waals surface area contributed by atoms with E-state index < -0.39 is 0 Å². The summed E-state index contributed by atoms with van der Waals surface area (Å²) >= 11 is 0. The number of amides is 1. The van der Waals surface area contributed by atoms with Crippen LogP contribution in [0.15, 0.2) is 24.3 Å². The zero-order chi connectivity index (χ0) is 17.5. The zero-order valence-corrected chi connectivity index (χ0v) is 14.5. The average molecular weight is 351 g/mol. The van der Waals surface area contributed by atoms with Crippen molar-refractivity contribution < 1.29 is 18.7 Å². The van der Waals surface area contributed by atoms with Crippen molar-refractivity contribution in [3.05, 3.63) is 30.1 Å². The maximum Gasteiger partial charge on any atom is 0.236 e. The van der Waals surface area contributed by atoms with Crippen molar-refractivity contribution in [2.75, 3.05) is 72.2 Å². The Morgan fingerprint density at radius 1 is 1.00 bits per heavy atom. The van der Waals surface area contributed by atoms with E-state index in [0.29, 0.717) is 45.2 Å². The molecule has 0 N–H and O–H groups in total. The Morgan fingerprint density at radius 3 is 2.32 bits per heavy atom. The molecule has 2 saturated heterocycles. The Bertz CT molecular complexity index is 541. The largest absolute Gasteiger partial charge is 0.492 e. The second kappa shape index (κ2) is 9.12. The number of ether oxygens (including phenoxy) is 2. The zero-order valence-electron chi connectivity index (χ0n) is 14.5. The predicted molar refractivity (Wildman–Crippen MR) is 92.2 cm³/mol. The van der Waals surface area contributed by atoms with Gasteiger partial charge in [0.05, 0.1) is 19.8 Å². The number of benzene rings is 1. The van der Waals surface area contributed by atoms with E-state index in [9.17, 15) is 9.18 Å². The molecule has 0 bridgehead atoms. The van der Waals surface area contributed by atoms with Gasteiger partial charge in [0.15, 0.2) is 0 Å². The first kappa shape index (κ1) is 18.1. The minimum absolute atomic E-state index is 0.205. The first-order valence-corrected chi connectivity index (χ1v) is 8.89. The maximum atomic E-state index is 12.8. The second-order valence-corrected chi connectivity index (χ2v) is 6.41. The second-order valence-electron chi connectivity index (χ2n) is 6.41. The summed E-state index contributed by atoms with van der Waals surface area (Å²) in [5, 5.41) is 0. The fourth-order valence-electron chi connectivity index (χ4n) is 3.10. The van der Waals surface area contributed by atoms with E-state index in [4.69, 9.17) is 9.47 Å². The quantitative estimate of drug-likeness (QED) is 0.754. The van der Waals surface area contributed by atoms with Gasteiger partial charge in [0.1, 0.15) is 18.2 Å². The summed E-state index contributed by atoms with van der Waals surface area (Å²) < 4.78 is 23.8. The third-order valence-corrected chi connectivity index (χ3v) is 4.68. The highest BCUT2D eigenvalue weighted by Crippen LogP contribution is 2.11. The number of halogens is 1. The molecule has 0 atom stereocenters. The number of hydrogen-bond donors (Lipinski definition) is 0. The molecule has 0 unspecified atom stereocenters. The van der Waals surface area contributed by atoms with Gasteiger partial charge in [0.25, 0.3) is 0 Å². The van der Waals surface area contributed by atoms with Crippen LogP contribution in [0.4, 0.5) is 4.39 Å². The number of rotatable bonds is 6. The Hall–Kier alpha value is -1.70. The summed E-state index contributed by atoms with van der Waals surface area (Å²) in [6.45, 7) is 8.28. The highest BCUT2D eigenvalue weighted by atomic mass is 19.1. The molecular weight excluding hydrogens is 325 g/mol. The van der Waals surface area contributed by atoms with Crippen LogP contribution in [0.25, 0.3) is 0 Å². The standard InChI is InChI=1S/C18H26FN3O3/c19-16-1-3-17(4-2-16)25-14-9-20-5-7-21(8-6-20)15-18(23)22-10-12-24-13-11-22/h1-4H,5-15H2. The molecule has 25 heavy (non-hydrogen) atoms. The number of morpholine rings is 1. The number of nitrogens with zero attached hydrogens (tertiary/aromatic N) is 3. The molecule has 0 saturated carbocycles. The van der Waals surface area contributed by atoms with Crippen LogP contribution in [0.1, 0.15) is 0 Å². The summed E-state index contributed by atoms with van der Waals surface area (Å²) in [5.74, 6) is 0.641. The van der Waals surface area contributed by atoms with Gasteiger partial charge in [-0.25, -0.2) is 4.39 Å². The molecule has 2 fully saturated rings. The van der Waals surface area contributed by atoms with Crippen molar-refractivity contribution in [3.8, 4) is 5.75 Å². The van der Waals surface area contributed by atoms with Gasteiger partial charge in [-0.15, -0.1) is 0 Å². The minimum Gasteiger partial charge on any atom is -0.492 e. The monoisotopic (exact) mass is 351 g/mol. The van der Waals surface area contributed by atoms with Gasteiger partial charge in [0.2, 0.25) is 5.91 Å². The average Bonchev–Trinajstić information content (AvgIpc) is 2.65. The Balaban J connectivity index is 1.31. The van der Waals surface area contributed by atoms with E-state index in [1.54, 1.807) is 12.1 Å². The lowest BCUT2D eigenvalue weighted by atomic mass is 10.3. The predicted octanol–water partition coefficient (Wildman–Crippen LogP) is 0.681. The van der Waals surface area contributed by atoms with Gasteiger partial charge < -0.3 is 14.4 Å². The lowest BCUT2D eigenvalue weighted by molar-refractivity contribution is -0.136. The van der Waals surface area contributed by atoms with Gasteiger partial charge in [0, 0.05) is 45.8 Å². The topological polar surface area (TPSA) is 45.2 Å². The molecule has 0 spiro atoms. The number of carbonyl (C=O) groups excluding carboxylic acids is 1. The van der Waals surface area contributed by atoms with E-state index in [0.717, 1.165) is 32.7 Å². The molecule has 2 aliphatic rings. The molecule has 2 aliphatic heterocycles. The van der Waals surface area contributed by atoms with Crippen LogP contribution in [-0.4, -0.2) is 92.8 Å². The molecule has 1 aromatic carbocycles. The number of carbonyl (C=O) groups is 1. The summed E-state index contributed by atoms with van der Waals surface area (Å²) in [4.78, 5) is 18.7. The first-order valence-electron chi connectivity index (χ1n) is 8.89. The van der Waals surface area contributed by atoms with Crippen LogP contribution in [-0.2, 0) is 9.53 Å². The molecular formula is C18H26FN3O3. The molecule has 0 aliphatic carbocycles. The molecule has 0 aromatic heterocycles. The van der Waals surface area contributed by atoms with Crippen molar-refractivity contribution in [3.63, 3.8) is 0 Å². The molecule has 1 aromatic rings. The van der Waals surface area contributed by atoms with Crippen LogP contribution in [0.2, 0.25) is 0 Å². The van der Waals surface area contributed by atoms with Gasteiger partial charge in [-0.3, -0.25) is 14.6 Å². The van der Waals surface area contributed by atoms with Crippen LogP contribution < -0.4 is 4.74 Å². The van der Waals surface area contributed by atoms with Crippen molar-refractivity contribution in [1.29, 1.82) is 0 Å². The fraction of sp³-hybridized carbons (Fsp3) is 0.611. The molecule has 2 heterocycles. The van der Waals surface area contributed by atoms with Gasteiger partial charge >= 0.3 is 0 Å². The third kappa shape index (κ3) is 5.66. The van der Waals surface area contributed by atoms with E-state index in [1.807, 2.05) is 4.90 Å². The smallest absolute Gasteiger partial charge is 0.236 e. The minimum atomic E-state index is -0.255. The SMILES string of the molecule is O=C(CN1CCN(CCOc2ccc(F)cc2)CC1)N1CCOCC1. The van der Waals surface area contributed by atoms with Crippen LogP contribution in [0.5, 0.6) is 5.75 Å². The van der Waals surface area contributed by atoms with Crippen molar-refractivity contribution in [2.24, 2.45) is 0 Å². The summed E-state index contributed by atoms with van der Waals surface area (Å²) in [5.41, 5.74) is 0. The number of piperazine rings is 1.